The second-order valence-electron chi connectivity index (χ2n) is 5.66. The minimum absolute atomic E-state index is 0.204. The van der Waals surface area contributed by atoms with Gasteiger partial charge in [-0.2, -0.15) is 5.10 Å². The van der Waals surface area contributed by atoms with Gasteiger partial charge in [0.25, 0.3) is 5.91 Å². The van der Waals surface area contributed by atoms with Crippen molar-refractivity contribution in [2.24, 2.45) is 0 Å². The summed E-state index contributed by atoms with van der Waals surface area (Å²) >= 11 is 0. The van der Waals surface area contributed by atoms with Gasteiger partial charge in [-0.25, -0.2) is 4.68 Å². The Balaban J connectivity index is 1.74. The van der Waals surface area contributed by atoms with Crippen molar-refractivity contribution in [1.82, 2.24) is 14.9 Å². The molecule has 6 nitrogen and oxygen atoms in total. The summed E-state index contributed by atoms with van der Waals surface area (Å²) < 4.78 is 6.84. The molecule has 1 aliphatic carbocycles. The Morgan fingerprint density at radius 3 is 2.83 bits per heavy atom. The molecule has 0 unspecified atom stereocenters. The zero-order valence-corrected chi connectivity index (χ0v) is 12.7. The van der Waals surface area contributed by atoms with Crippen LogP contribution >= 0.6 is 0 Å². The summed E-state index contributed by atoms with van der Waals surface area (Å²) in [6.07, 6.45) is 2.93. The van der Waals surface area contributed by atoms with Crippen molar-refractivity contribution in [3.05, 3.63) is 59.1 Å². The highest BCUT2D eigenvalue weighted by atomic mass is 16.5. The molecule has 0 atom stereocenters. The van der Waals surface area contributed by atoms with E-state index in [2.05, 4.69) is 15.6 Å². The van der Waals surface area contributed by atoms with E-state index in [1.54, 1.807) is 17.7 Å². The molecule has 1 aromatic carbocycles. The lowest BCUT2D eigenvalue weighted by molar-refractivity contribution is 0.0987. The Morgan fingerprint density at radius 2 is 2.09 bits per heavy atom. The average molecular weight is 308 g/mol. The van der Waals surface area contributed by atoms with Crippen molar-refractivity contribution < 1.29 is 9.32 Å². The first-order valence-corrected chi connectivity index (χ1v) is 7.63. The molecule has 4 rings (SSSR count). The number of nitrogens with one attached hydrogen (secondary N) is 1. The van der Waals surface area contributed by atoms with Gasteiger partial charge >= 0.3 is 0 Å². The molecular formula is C17H16N4O2. The topological polar surface area (TPSA) is 73.0 Å². The second-order valence-corrected chi connectivity index (χ2v) is 5.66. The lowest BCUT2D eigenvalue weighted by Crippen LogP contribution is -2.15. The number of amides is 1. The summed E-state index contributed by atoms with van der Waals surface area (Å²) in [5.41, 5.74) is 3.76. The van der Waals surface area contributed by atoms with Gasteiger partial charge in [0.05, 0.1) is 17.1 Å². The van der Waals surface area contributed by atoms with Crippen LogP contribution in [0.2, 0.25) is 0 Å². The fourth-order valence-corrected chi connectivity index (χ4v) is 2.92. The standard InChI is InChI=1S/C17H16N4O2/c1-11-10-15(23-20-11)17(22)18-16-13-8-5-9-14(13)19-21(16)12-6-3-2-4-7-12/h2-4,6-7,10H,5,8-9H2,1H3,(H,18,22). The van der Waals surface area contributed by atoms with Gasteiger partial charge < -0.3 is 9.84 Å². The van der Waals surface area contributed by atoms with Gasteiger partial charge in [-0.1, -0.05) is 23.4 Å². The van der Waals surface area contributed by atoms with E-state index in [4.69, 9.17) is 4.52 Å². The number of fused-ring (bicyclic) bond motifs is 1. The molecule has 6 heteroatoms. The molecule has 0 saturated heterocycles. The monoisotopic (exact) mass is 308 g/mol. The lowest BCUT2D eigenvalue weighted by atomic mass is 10.2. The number of hydrogen-bond acceptors (Lipinski definition) is 4. The maximum Gasteiger partial charge on any atom is 0.295 e. The number of aromatic nitrogens is 3. The lowest BCUT2D eigenvalue weighted by Gasteiger charge is -2.09. The van der Waals surface area contributed by atoms with Gasteiger partial charge in [-0.15, -0.1) is 0 Å². The van der Waals surface area contributed by atoms with E-state index in [0.29, 0.717) is 5.69 Å². The van der Waals surface area contributed by atoms with Crippen LogP contribution in [0, 0.1) is 6.92 Å². The smallest absolute Gasteiger partial charge is 0.295 e. The molecule has 2 heterocycles. The summed E-state index contributed by atoms with van der Waals surface area (Å²) in [6.45, 7) is 1.78. The number of nitrogens with zero attached hydrogens (tertiary/aromatic N) is 3. The van der Waals surface area contributed by atoms with Gasteiger partial charge in [-0.05, 0) is 38.3 Å². The number of aryl methyl sites for hydroxylation is 2. The van der Waals surface area contributed by atoms with E-state index < -0.39 is 0 Å². The molecule has 1 aliphatic rings. The van der Waals surface area contributed by atoms with Crippen LogP contribution in [-0.4, -0.2) is 20.8 Å². The van der Waals surface area contributed by atoms with Gasteiger partial charge in [0.1, 0.15) is 5.82 Å². The maximum atomic E-state index is 12.4. The minimum Gasteiger partial charge on any atom is -0.351 e. The number of carbonyl (C=O) groups is 1. The zero-order valence-electron chi connectivity index (χ0n) is 12.7. The van der Waals surface area contributed by atoms with Crippen molar-refractivity contribution in [2.75, 3.05) is 5.32 Å². The summed E-state index contributed by atoms with van der Waals surface area (Å²) in [4.78, 5) is 12.4. The third kappa shape index (κ3) is 2.42. The van der Waals surface area contributed by atoms with Crippen LogP contribution in [0.3, 0.4) is 0 Å². The minimum atomic E-state index is -0.308. The third-order valence-electron chi connectivity index (χ3n) is 3.99. The Morgan fingerprint density at radius 1 is 1.26 bits per heavy atom. The van der Waals surface area contributed by atoms with Gasteiger partial charge in [0.2, 0.25) is 5.76 Å². The van der Waals surface area contributed by atoms with Crippen LogP contribution in [0.1, 0.15) is 33.9 Å². The summed E-state index contributed by atoms with van der Waals surface area (Å²) in [6, 6.07) is 11.4. The Hall–Kier alpha value is -2.89. The highest BCUT2D eigenvalue weighted by Crippen LogP contribution is 2.31. The van der Waals surface area contributed by atoms with Gasteiger partial charge in [0.15, 0.2) is 0 Å². The molecule has 2 aromatic heterocycles. The van der Waals surface area contributed by atoms with Crippen molar-refractivity contribution >= 4 is 11.7 Å². The fraction of sp³-hybridized carbons (Fsp3) is 0.235. The van der Waals surface area contributed by atoms with Crippen LogP contribution in [-0.2, 0) is 12.8 Å². The molecule has 116 valence electrons. The average Bonchev–Trinajstić information content (AvgIpc) is 3.25. The van der Waals surface area contributed by atoms with Crippen molar-refractivity contribution in [3.63, 3.8) is 0 Å². The molecule has 0 aliphatic heterocycles. The van der Waals surface area contributed by atoms with Gasteiger partial charge in [0, 0.05) is 11.6 Å². The third-order valence-corrected chi connectivity index (χ3v) is 3.99. The van der Waals surface area contributed by atoms with Crippen LogP contribution in [0.15, 0.2) is 40.9 Å². The Kier molecular flexibility index (Phi) is 3.22. The van der Waals surface area contributed by atoms with Crippen LogP contribution < -0.4 is 5.32 Å². The largest absolute Gasteiger partial charge is 0.351 e. The fourth-order valence-electron chi connectivity index (χ4n) is 2.92. The number of hydrogen-bond donors (Lipinski definition) is 1. The molecule has 0 fully saturated rings. The zero-order chi connectivity index (χ0) is 15.8. The first kappa shape index (κ1) is 13.8. The number of anilines is 1. The summed E-state index contributed by atoms with van der Waals surface area (Å²) in [5.74, 6) is 0.621. The number of benzene rings is 1. The molecule has 0 spiro atoms. The molecule has 1 amide bonds. The SMILES string of the molecule is Cc1cc(C(=O)Nc2c3c(nn2-c2ccccc2)CCC3)on1. The molecule has 3 aromatic rings. The molecular weight excluding hydrogens is 292 g/mol. The normalized spacial score (nSPS) is 13.1. The first-order chi connectivity index (χ1) is 11.2. The highest BCUT2D eigenvalue weighted by molar-refractivity contribution is 6.02. The van der Waals surface area contributed by atoms with Crippen LogP contribution in [0.5, 0.6) is 0 Å². The van der Waals surface area contributed by atoms with Crippen LogP contribution in [0.25, 0.3) is 5.69 Å². The predicted octanol–water partition coefficient (Wildman–Crippen LogP) is 2.91. The highest BCUT2D eigenvalue weighted by Gasteiger charge is 2.25. The quantitative estimate of drug-likeness (QED) is 0.807. The van der Waals surface area contributed by atoms with E-state index in [1.807, 2.05) is 30.3 Å². The van der Waals surface area contributed by atoms with E-state index in [-0.39, 0.29) is 11.7 Å². The molecule has 1 N–H and O–H groups in total. The van der Waals surface area contributed by atoms with Crippen molar-refractivity contribution in [1.29, 1.82) is 0 Å². The van der Waals surface area contributed by atoms with E-state index >= 15 is 0 Å². The Labute approximate surface area is 133 Å². The number of para-hydroxylation sites is 1. The number of rotatable bonds is 3. The second kappa shape index (κ2) is 5.39. The summed E-state index contributed by atoms with van der Waals surface area (Å²) in [7, 11) is 0. The predicted molar refractivity (Wildman–Crippen MR) is 84.8 cm³/mol. The van der Waals surface area contributed by atoms with Crippen molar-refractivity contribution in [2.45, 2.75) is 26.2 Å². The number of carbonyl (C=O) groups excluding carboxylic acids is 1. The van der Waals surface area contributed by atoms with E-state index in [9.17, 15) is 4.79 Å². The molecule has 0 radical (unpaired) electrons. The van der Waals surface area contributed by atoms with Crippen LogP contribution in [0.4, 0.5) is 5.82 Å². The summed E-state index contributed by atoms with van der Waals surface area (Å²) in [5, 5.41) is 11.4. The van der Waals surface area contributed by atoms with Gasteiger partial charge in [-0.3, -0.25) is 4.79 Å². The van der Waals surface area contributed by atoms with Crippen molar-refractivity contribution in [3.8, 4) is 5.69 Å². The maximum absolute atomic E-state index is 12.4. The molecule has 0 bridgehead atoms. The van der Waals surface area contributed by atoms with E-state index in [0.717, 1.165) is 42.0 Å². The first-order valence-electron chi connectivity index (χ1n) is 7.63. The Bertz CT molecular complexity index is 864. The molecule has 0 saturated carbocycles. The molecule has 23 heavy (non-hydrogen) atoms. The van der Waals surface area contributed by atoms with E-state index in [1.165, 1.54) is 0 Å².